The average molecular weight is 239 g/mol. The molecule has 0 saturated heterocycles. The first-order valence-corrected chi connectivity index (χ1v) is 5.63. The van der Waals surface area contributed by atoms with Crippen LogP contribution in [0.25, 0.3) is 11.1 Å². The number of ketones is 1. The first kappa shape index (κ1) is 12.2. The minimum Gasteiger partial charge on any atom is -0.324 e. The molecule has 0 fully saturated rings. The lowest BCUT2D eigenvalue weighted by molar-refractivity contribution is 0.100. The lowest BCUT2D eigenvalue weighted by Gasteiger charge is -2.05. The Bertz CT molecular complexity index is 591. The third kappa shape index (κ3) is 2.52. The van der Waals surface area contributed by atoms with E-state index in [-0.39, 0.29) is 12.3 Å². The van der Waals surface area contributed by atoms with Gasteiger partial charge in [-0.25, -0.2) is 0 Å². The van der Waals surface area contributed by atoms with Gasteiger partial charge in [0.15, 0.2) is 5.78 Å². The van der Waals surface area contributed by atoms with Gasteiger partial charge in [-0.1, -0.05) is 36.4 Å². The van der Waals surface area contributed by atoms with E-state index in [1.165, 1.54) is 0 Å². The molecule has 0 saturated carbocycles. The normalized spacial score (nSPS) is 10.1. The standard InChI is InChI=1S/C15H13NO2/c16-9-15(18)14-6-2-5-13(8-14)12-4-1-3-11(7-12)10-17/h1-8,10H,9,16H2. The van der Waals surface area contributed by atoms with Crippen LogP contribution in [0.2, 0.25) is 0 Å². The van der Waals surface area contributed by atoms with Crippen LogP contribution < -0.4 is 5.73 Å². The second-order valence-corrected chi connectivity index (χ2v) is 3.95. The molecule has 3 heteroatoms. The SMILES string of the molecule is NCC(=O)c1cccc(-c2cccc(C=O)c2)c1. The number of nitrogens with two attached hydrogens (primary N) is 1. The lowest BCUT2D eigenvalue weighted by Crippen LogP contribution is -2.13. The van der Waals surface area contributed by atoms with Gasteiger partial charge in [-0.3, -0.25) is 9.59 Å². The minimum absolute atomic E-state index is 0.00215. The summed E-state index contributed by atoms with van der Waals surface area (Å²) in [5.41, 5.74) is 8.36. The molecular weight excluding hydrogens is 226 g/mol. The third-order valence-corrected chi connectivity index (χ3v) is 2.73. The molecule has 2 rings (SSSR count). The van der Waals surface area contributed by atoms with Crippen LogP contribution in [0.1, 0.15) is 20.7 Å². The van der Waals surface area contributed by atoms with Crippen LogP contribution in [0.4, 0.5) is 0 Å². The van der Waals surface area contributed by atoms with E-state index < -0.39 is 0 Å². The number of aldehydes is 1. The number of rotatable bonds is 4. The monoisotopic (exact) mass is 239 g/mol. The first-order valence-electron chi connectivity index (χ1n) is 5.63. The largest absolute Gasteiger partial charge is 0.324 e. The highest BCUT2D eigenvalue weighted by molar-refractivity contribution is 5.98. The predicted octanol–water partition coefficient (Wildman–Crippen LogP) is 2.31. The molecule has 0 aliphatic rings. The Morgan fingerprint density at radius 2 is 1.72 bits per heavy atom. The Kier molecular flexibility index (Phi) is 3.65. The number of Topliss-reactive ketones (excluding diaryl/α,β-unsaturated/α-hetero) is 1. The molecule has 0 aromatic heterocycles. The van der Waals surface area contributed by atoms with Crippen molar-refractivity contribution in [2.24, 2.45) is 5.73 Å². The highest BCUT2D eigenvalue weighted by Gasteiger charge is 2.05. The minimum atomic E-state index is -0.0941. The van der Waals surface area contributed by atoms with Crippen molar-refractivity contribution in [1.29, 1.82) is 0 Å². The molecule has 0 atom stereocenters. The molecule has 0 heterocycles. The summed E-state index contributed by atoms with van der Waals surface area (Å²) in [5, 5.41) is 0. The second-order valence-electron chi connectivity index (χ2n) is 3.95. The maximum atomic E-state index is 11.5. The van der Waals surface area contributed by atoms with Gasteiger partial charge in [0.1, 0.15) is 6.29 Å². The van der Waals surface area contributed by atoms with Crippen molar-refractivity contribution in [3.05, 3.63) is 59.7 Å². The van der Waals surface area contributed by atoms with Gasteiger partial charge < -0.3 is 5.73 Å². The van der Waals surface area contributed by atoms with Gasteiger partial charge in [0.2, 0.25) is 0 Å². The Morgan fingerprint density at radius 3 is 2.39 bits per heavy atom. The van der Waals surface area contributed by atoms with E-state index in [1.54, 1.807) is 24.3 Å². The number of benzene rings is 2. The van der Waals surface area contributed by atoms with Gasteiger partial charge in [0.05, 0.1) is 6.54 Å². The first-order chi connectivity index (χ1) is 8.74. The molecule has 0 radical (unpaired) electrons. The number of carbonyl (C=O) groups is 2. The van der Waals surface area contributed by atoms with E-state index in [0.717, 1.165) is 17.4 Å². The van der Waals surface area contributed by atoms with Gasteiger partial charge in [-0.2, -0.15) is 0 Å². The molecule has 3 nitrogen and oxygen atoms in total. The quantitative estimate of drug-likeness (QED) is 0.658. The maximum Gasteiger partial charge on any atom is 0.176 e. The van der Waals surface area contributed by atoms with Crippen molar-refractivity contribution in [3.63, 3.8) is 0 Å². The number of hydrogen-bond donors (Lipinski definition) is 1. The second kappa shape index (κ2) is 5.38. The molecule has 2 aromatic carbocycles. The van der Waals surface area contributed by atoms with Crippen molar-refractivity contribution >= 4 is 12.1 Å². The van der Waals surface area contributed by atoms with Gasteiger partial charge in [0, 0.05) is 11.1 Å². The molecule has 0 aliphatic carbocycles. The zero-order valence-electron chi connectivity index (χ0n) is 9.80. The third-order valence-electron chi connectivity index (χ3n) is 2.73. The van der Waals surface area contributed by atoms with Crippen LogP contribution in [-0.4, -0.2) is 18.6 Å². The Hall–Kier alpha value is -2.26. The van der Waals surface area contributed by atoms with Crippen molar-refractivity contribution in [1.82, 2.24) is 0 Å². The van der Waals surface area contributed by atoms with Crippen LogP contribution in [0, 0.1) is 0 Å². The van der Waals surface area contributed by atoms with Crippen molar-refractivity contribution in [3.8, 4) is 11.1 Å². The highest BCUT2D eigenvalue weighted by Crippen LogP contribution is 2.21. The van der Waals surface area contributed by atoms with Crippen LogP contribution in [0.3, 0.4) is 0 Å². The van der Waals surface area contributed by atoms with Crippen LogP contribution >= 0.6 is 0 Å². The summed E-state index contributed by atoms with van der Waals surface area (Å²) in [6.07, 6.45) is 0.804. The van der Waals surface area contributed by atoms with Crippen molar-refractivity contribution in [2.75, 3.05) is 6.54 Å². The van der Waals surface area contributed by atoms with Gasteiger partial charge in [-0.15, -0.1) is 0 Å². The summed E-state index contributed by atoms with van der Waals surface area (Å²) in [7, 11) is 0. The molecule has 0 aliphatic heterocycles. The van der Waals surface area contributed by atoms with Gasteiger partial charge >= 0.3 is 0 Å². The molecular formula is C15H13NO2. The molecule has 18 heavy (non-hydrogen) atoms. The zero-order chi connectivity index (χ0) is 13.0. The van der Waals surface area contributed by atoms with Crippen LogP contribution in [-0.2, 0) is 0 Å². The predicted molar refractivity (Wildman–Crippen MR) is 70.7 cm³/mol. The zero-order valence-corrected chi connectivity index (χ0v) is 9.80. The van der Waals surface area contributed by atoms with E-state index in [4.69, 9.17) is 5.73 Å². The topological polar surface area (TPSA) is 60.2 Å². The van der Waals surface area contributed by atoms with E-state index >= 15 is 0 Å². The Balaban J connectivity index is 2.44. The van der Waals surface area contributed by atoms with Crippen LogP contribution in [0.15, 0.2) is 48.5 Å². The van der Waals surface area contributed by atoms with E-state index in [1.807, 2.05) is 24.3 Å². The summed E-state index contributed by atoms with van der Waals surface area (Å²) >= 11 is 0. The van der Waals surface area contributed by atoms with E-state index in [0.29, 0.717) is 11.1 Å². The lowest BCUT2D eigenvalue weighted by atomic mass is 10.00. The van der Waals surface area contributed by atoms with E-state index in [2.05, 4.69) is 0 Å². The van der Waals surface area contributed by atoms with E-state index in [9.17, 15) is 9.59 Å². The smallest absolute Gasteiger partial charge is 0.176 e. The molecule has 0 amide bonds. The number of hydrogen-bond acceptors (Lipinski definition) is 3. The molecule has 2 N–H and O–H groups in total. The fourth-order valence-corrected chi connectivity index (χ4v) is 1.78. The molecule has 0 spiro atoms. The summed E-state index contributed by atoms with van der Waals surface area (Å²) < 4.78 is 0. The molecule has 2 aromatic rings. The van der Waals surface area contributed by atoms with Crippen molar-refractivity contribution < 1.29 is 9.59 Å². The average Bonchev–Trinajstić information content (AvgIpc) is 2.46. The fraction of sp³-hybridized carbons (Fsp3) is 0.0667. The van der Waals surface area contributed by atoms with Gasteiger partial charge in [-0.05, 0) is 23.3 Å². The highest BCUT2D eigenvalue weighted by atomic mass is 16.1. The van der Waals surface area contributed by atoms with Crippen molar-refractivity contribution in [2.45, 2.75) is 0 Å². The number of carbonyl (C=O) groups excluding carboxylic acids is 2. The van der Waals surface area contributed by atoms with Crippen LogP contribution in [0.5, 0.6) is 0 Å². The molecule has 0 bridgehead atoms. The summed E-state index contributed by atoms with van der Waals surface area (Å²) in [4.78, 5) is 22.3. The fourth-order valence-electron chi connectivity index (χ4n) is 1.78. The maximum absolute atomic E-state index is 11.5. The molecule has 90 valence electrons. The Morgan fingerprint density at radius 1 is 1.06 bits per heavy atom. The summed E-state index contributed by atoms with van der Waals surface area (Å²) in [5.74, 6) is -0.0941. The Labute approximate surface area is 105 Å². The summed E-state index contributed by atoms with van der Waals surface area (Å²) in [6, 6.07) is 14.5. The molecule has 0 unspecified atom stereocenters. The van der Waals surface area contributed by atoms with Gasteiger partial charge in [0.25, 0.3) is 0 Å². The summed E-state index contributed by atoms with van der Waals surface area (Å²) in [6.45, 7) is -0.00215.